The fourth-order valence-corrected chi connectivity index (χ4v) is 0. The van der Waals surface area contributed by atoms with Crippen molar-refractivity contribution in [1.82, 2.24) is 0 Å². The van der Waals surface area contributed by atoms with Gasteiger partial charge in [0.15, 0.2) is 0 Å². The van der Waals surface area contributed by atoms with Gasteiger partial charge in [-0.15, -0.1) is 0 Å². The predicted octanol–water partition coefficient (Wildman–Crippen LogP) is -7.41. The monoisotopic (exact) mass is 172 g/mol. The molecule has 0 bridgehead atoms. The van der Waals surface area contributed by atoms with Gasteiger partial charge in [-0.2, -0.15) is 0 Å². The van der Waals surface area contributed by atoms with Gasteiger partial charge >= 0.3 is 51.4 Å². The van der Waals surface area contributed by atoms with Gasteiger partial charge < -0.3 is 36.9 Å². The van der Waals surface area contributed by atoms with Crippen molar-refractivity contribution in [2.24, 2.45) is 0 Å². The molecule has 0 aliphatic heterocycles. The number of hydrogen-bond acceptors (Lipinski definition) is 2. The first-order valence-corrected chi connectivity index (χ1v) is 0.632. The van der Waals surface area contributed by atoms with Gasteiger partial charge in [-0.3, -0.25) is 0 Å². The van der Waals surface area contributed by atoms with Gasteiger partial charge in [-0.25, -0.2) is 0 Å². The van der Waals surface area contributed by atoms with Crippen LogP contribution in [0.2, 0.25) is 0 Å². The van der Waals surface area contributed by atoms with Crippen LogP contribution in [-0.4, -0.2) is 33.2 Å². The molecule has 0 radical (unpaired) electrons. The van der Waals surface area contributed by atoms with Gasteiger partial charge in [0.1, 0.15) is 0 Å². The van der Waals surface area contributed by atoms with Crippen LogP contribution in [-0.2, 0) is 0 Å². The molecular weight excluding hydrogens is 163 g/mol. The summed E-state index contributed by atoms with van der Waals surface area (Å²) in [7, 11) is 0. The van der Waals surface area contributed by atoms with Crippen molar-refractivity contribution in [2.75, 3.05) is 0 Å². The van der Waals surface area contributed by atoms with Gasteiger partial charge in [-0.05, 0) is 0 Å². The Labute approximate surface area is 93.3 Å². The Morgan fingerprint density at radius 3 is 1.11 bits per heavy atom. The molecule has 0 saturated heterocycles. The van der Waals surface area contributed by atoms with E-state index >= 15 is 0 Å². The predicted molar refractivity (Wildman–Crippen MR) is 22.5 cm³/mol. The molecule has 7 nitrogen and oxygen atoms in total. The smallest absolute Gasteiger partial charge is 0.565 e. The van der Waals surface area contributed by atoms with Crippen molar-refractivity contribution >= 4 is 6.16 Å². The fraction of sp³-hybridized carbons (Fsp3) is 0. The Hall–Kier alpha value is 0.746. The average Bonchev–Trinajstić information content (AvgIpc) is 0.811. The maximum absolute atomic E-state index is 8.44. The van der Waals surface area contributed by atoms with Crippen molar-refractivity contribution in [2.45, 2.75) is 0 Å². The molecule has 0 rings (SSSR count). The minimum absolute atomic E-state index is 0. The third-order valence-corrected chi connectivity index (χ3v) is 0. The van der Waals surface area contributed by atoms with Crippen molar-refractivity contribution < 1.29 is 88.3 Å². The minimum Gasteiger partial charge on any atom is -0.565 e. The summed E-state index contributed by atoms with van der Waals surface area (Å²) in [4.78, 5) is 8.44. The summed E-state index contributed by atoms with van der Waals surface area (Å²) in [5, 5.41) is 15.3. The van der Waals surface area contributed by atoms with Gasteiger partial charge in [0, 0.05) is 0 Å². The summed E-state index contributed by atoms with van der Waals surface area (Å²) in [5.74, 6) is 0. The van der Waals surface area contributed by atoms with Gasteiger partial charge in [-0.1, -0.05) is 0 Å². The Bertz CT molecular complexity index is 31.9. The van der Waals surface area contributed by atoms with Crippen LogP contribution in [0.4, 0.5) is 4.79 Å². The zero-order chi connectivity index (χ0) is 3.58. The first-order valence-electron chi connectivity index (χ1n) is 0.632. The molecule has 0 spiro atoms. The Morgan fingerprint density at radius 2 is 1.11 bits per heavy atom. The van der Waals surface area contributed by atoms with E-state index in [9.17, 15) is 0 Å². The number of carboxylic acid groups (broad SMARTS) is 2. The molecule has 0 fully saturated rings. The number of hydrogen-bond donors (Lipinski definition) is 1. The SMILES string of the molecule is O.O.O.O.O=C([O-])O.[K+]. The van der Waals surface area contributed by atoms with E-state index in [0.717, 1.165) is 0 Å². The van der Waals surface area contributed by atoms with Crippen LogP contribution in [0.5, 0.6) is 0 Å². The molecule has 0 aliphatic rings. The summed E-state index contributed by atoms with van der Waals surface area (Å²) in [6.45, 7) is 0. The topological polar surface area (TPSA) is 186 Å². The van der Waals surface area contributed by atoms with E-state index in [1.807, 2.05) is 0 Å². The molecule has 0 atom stereocenters. The third kappa shape index (κ3) is 715. The molecule has 56 valence electrons. The average molecular weight is 172 g/mol. The second-order valence-corrected chi connectivity index (χ2v) is 0.266. The Balaban J connectivity index is -0.00000000450. The molecule has 0 saturated carbocycles. The fourth-order valence-electron chi connectivity index (χ4n) is 0. The van der Waals surface area contributed by atoms with E-state index in [1.54, 1.807) is 0 Å². The van der Waals surface area contributed by atoms with E-state index in [0.29, 0.717) is 0 Å². The summed E-state index contributed by atoms with van der Waals surface area (Å²) >= 11 is 0. The van der Waals surface area contributed by atoms with Crippen LogP contribution >= 0.6 is 0 Å². The van der Waals surface area contributed by atoms with Crippen LogP contribution in [0.25, 0.3) is 0 Å². The van der Waals surface area contributed by atoms with Crippen LogP contribution in [0.1, 0.15) is 0 Å². The molecule has 0 aromatic carbocycles. The molecule has 0 amide bonds. The zero-order valence-electron chi connectivity index (χ0n) is 4.76. The Morgan fingerprint density at radius 1 is 1.11 bits per heavy atom. The van der Waals surface area contributed by atoms with Crippen LogP contribution in [0.3, 0.4) is 0 Å². The van der Waals surface area contributed by atoms with E-state index in [-0.39, 0.29) is 73.3 Å². The van der Waals surface area contributed by atoms with Crippen LogP contribution in [0, 0.1) is 0 Å². The van der Waals surface area contributed by atoms with Gasteiger partial charge in [0.2, 0.25) is 6.16 Å². The third-order valence-electron chi connectivity index (χ3n) is 0. The van der Waals surface area contributed by atoms with Gasteiger partial charge in [0.05, 0.1) is 0 Å². The van der Waals surface area contributed by atoms with Crippen molar-refractivity contribution in [3.63, 3.8) is 0 Å². The molecule has 8 heteroatoms. The molecule has 0 unspecified atom stereocenters. The minimum atomic E-state index is -2.08. The second-order valence-electron chi connectivity index (χ2n) is 0.266. The Kier molecular flexibility index (Phi) is 221. The summed E-state index contributed by atoms with van der Waals surface area (Å²) in [6, 6.07) is 0. The van der Waals surface area contributed by atoms with E-state index < -0.39 is 6.16 Å². The first kappa shape index (κ1) is 53.1. The number of rotatable bonds is 0. The standard InChI is InChI=1S/CH2O3.K.4H2O/c2-1(3)4;;;;;/h(H2,2,3,4);;4*1H2/q;+1;;;;/p-1. The van der Waals surface area contributed by atoms with E-state index in [2.05, 4.69) is 0 Å². The van der Waals surface area contributed by atoms with Crippen molar-refractivity contribution in [1.29, 1.82) is 0 Å². The van der Waals surface area contributed by atoms with Crippen molar-refractivity contribution in [3.8, 4) is 0 Å². The summed E-state index contributed by atoms with van der Waals surface area (Å²) in [6.07, 6.45) is -2.08. The van der Waals surface area contributed by atoms with Crippen LogP contribution in [0.15, 0.2) is 0 Å². The van der Waals surface area contributed by atoms with E-state index in [1.165, 1.54) is 0 Å². The summed E-state index contributed by atoms with van der Waals surface area (Å²) < 4.78 is 0. The zero-order valence-corrected chi connectivity index (χ0v) is 7.89. The summed E-state index contributed by atoms with van der Waals surface area (Å²) in [5.41, 5.74) is 0. The second kappa shape index (κ2) is 37.4. The van der Waals surface area contributed by atoms with E-state index in [4.69, 9.17) is 15.0 Å². The molecule has 9 N–H and O–H groups in total. The molecule has 0 aliphatic carbocycles. The molecule has 0 aromatic rings. The quantitative estimate of drug-likeness (QED) is 0.356. The van der Waals surface area contributed by atoms with Crippen molar-refractivity contribution in [3.05, 3.63) is 0 Å². The number of carbonyl (C=O) groups is 1. The maximum Gasteiger partial charge on any atom is 1.00 e. The van der Waals surface area contributed by atoms with Gasteiger partial charge in [0.25, 0.3) is 0 Å². The molecule has 0 heterocycles. The normalized spacial score (nSPS) is 2.67. The molecule has 9 heavy (non-hydrogen) atoms. The van der Waals surface area contributed by atoms with Crippen LogP contribution < -0.4 is 56.5 Å². The maximum atomic E-state index is 8.44. The molecular formula is CH9KO7. The molecule has 0 aromatic heterocycles. The first-order chi connectivity index (χ1) is 1.73. The largest absolute Gasteiger partial charge is 1.00 e.